The van der Waals surface area contributed by atoms with E-state index in [4.69, 9.17) is 4.74 Å². The van der Waals surface area contributed by atoms with Gasteiger partial charge < -0.3 is 9.84 Å². The van der Waals surface area contributed by atoms with Crippen LogP contribution in [0.4, 0.5) is 0 Å². The Morgan fingerprint density at radius 1 is 1.46 bits per heavy atom. The maximum atomic E-state index is 12.0. The maximum absolute atomic E-state index is 12.0. The van der Waals surface area contributed by atoms with Gasteiger partial charge in [-0.15, -0.1) is 6.58 Å². The first-order chi connectivity index (χ1) is 11.6. The molecule has 5 heteroatoms. The van der Waals surface area contributed by atoms with Gasteiger partial charge in [0.15, 0.2) is 0 Å². The minimum atomic E-state index is -0.926. The van der Waals surface area contributed by atoms with Crippen molar-refractivity contribution in [3.8, 4) is 5.75 Å². The Morgan fingerprint density at radius 2 is 2.25 bits per heavy atom. The predicted octanol–water partition coefficient (Wildman–Crippen LogP) is 3.21. The third kappa shape index (κ3) is 4.20. The summed E-state index contributed by atoms with van der Waals surface area (Å²) in [7, 11) is 1.55. The summed E-state index contributed by atoms with van der Waals surface area (Å²) >= 11 is 0. The summed E-state index contributed by atoms with van der Waals surface area (Å²) in [5, 5.41) is 9.87. The fourth-order valence-electron chi connectivity index (χ4n) is 2.71. The molecule has 0 unspecified atom stereocenters. The second-order valence-corrected chi connectivity index (χ2v) is 5.57. The van der Waals surface area contributed by atoms with Crippen LogP contribution in [-0.4, -0.2) is 34.6 Å². The van der Waals surface area contributed by atoms with Gasteiger partial charge in [0.1, 0.15) is 11.8 Å². The number of carboxylic acid groups (broad SMARTS) is 1. The van der Waals surface area contributed by atoms with Crippen LogP contribution in [0.15, 0.2) is 55.4 Å². The Balaban J connectivity index is 2.44. The highest BCUT2D eigenvalue weighted by Gasteiger charge is 2.29. The van der Waals surface area contributed by atoms with Gasteiger partial charge in [0.25, 0.3) is 0 Å². The number of hydrogen-bond donors (Lipinski definition) is 1. The van der Waals surface area contributed by atoms with Crippen LogP contribution >= 0.6 is 0 Å². The van der Waals surface area contributed by atoms with Crippen LogP contribution in [0.25, 0.3) is 0 Å². The van der Waals surface area contributed by atoms with Crippen molar-refractivity contribution in [3.05, 3.63) is 72.1 Å². The van der Waals surface area contributed by atoms with E-state index in [9.17, 15) is 9.90 Å². The molecule has 0 fully saturated rings. The lowest BCUT2D eigenvalue weighted by atomic mass is 10.0. The fourth-order valence-corrected chi connectivity index (χ4v) is 2.71. The molecule has 1 aromatic heterocycles. The molecule has 0 bridgehead atoms. The van der Waals surface area contributed by atoms with Gasteiger partial charge in [-0.25, -0.2) is 0 Å². The predicted molar refractivity (Wildman–Crippen MR) is 93.0 cm³/mol. The lowest BCUT2D eigenvalue weighted by Crippen LogP contribution is -2.34. The van der Waals surface area contributed by atoms with E-state index in [0.717, 1.165) is 11.1 Å². The van der Waals surface area contributed by atoms with E-state index in [1.807, 2.05) is 36.1 Å². The summed E-state index contributed by atoms with van der Waals surface area (Å²) in [4.78, 5) is 18.0. The molecule has 0 aliphatic carbocycles. The highest BCUT2D eigenvalue weighted by molar-refractivity contribution is 5.77. The third-order valence-electron chi connectivity index (χ3n) is 3.75. The summed E-state index contributed by atoms with van der Waals surface area (Å²) in [5.41, 5.74) is 2.56. The molecule has 0 aliphatic rings. The van der Waals surface area contributed by atoms with Crippen molar-refractivity contribution in [1.29, 1.82) is 0 Å². The zero-order chi connectivity index (χ0) is 17.5. The Labute approximate surface area is 142 Å². The Morgan fingerprint density at radius 3 is 2.83 bits per heavy atom. The number of nitrogens with zero attached hydrogens (tertiary/aromatic N) is 2. The van der Waals surface area contributed by atoms with Gasteiger partial charge in [0.2, 0.25) is 0 Å². The van der Waals surface area contributed by atoms with Gasteiger partial charge in [-0.05, 0) is 24.6 Å². The minimum absolute atomic E-state index is 0.433. The normalized spacial score (nSPS) is 12.0. The van der Waals surface area contributed by atoms with E-state index >= 15 is 0 Å². The van der Waals surface area contributed by atoms with Crippen molar-refractivity contribution in [1.82, 2.24) is 9.88 Å². The van der Waals surface area contributed by atoms with Crippen LogP contribution in [0.5, 0.6) is 5.75 Å². The average Bonchev–Trinajstić information content (AvgIpc) is 2.56. The monoisotopic (exact) mass is 326 g/mol. The lowest BCUT2D eigenvalue weighted by Gasteiger charge is -2.29. The highest BCUT2D eigenvalue weighted by atomic mass is 16.5. The number of rotatable bonds is 8. The molecule has 1 atom stereocenters. The van der Waals surface area contributed by atoms with E-state index in [-0.39, 0.29) is 0 Å². The molecule has 1 heterocycles. The largest absolute Gasteiger partial charge is 0.496 e. The van der Waals surface area contributed by atoms with Gasteiger partial charge >= 0.3 is 5.97 Å². The Kier molecular flexibility index (Phi) is 6.09. The smallest absolute Gasteiger partial charge is 0.325 e. The molecule has 0 saturated heterocycles. The topological polar surface area (TPSA) is 62.7 Å². The van der Waals surface area contributed by atoms with Crippen molar-refractivity contribution in [2.75, 3.05) is 13.7 Å². The Hall–Kier alpha value is -2.66. The molecule has 126 valence electrons. The summed E-state index contributed by atoms with van der Waals surface area (Å²) in [6.07, 6.45) is 5.14. The molecule has 0 saturated carbocycles. The van der Waals surface area contributed by atoms with Gasteiger partial charge in [0, 0.05) is 31.0 Å². The van der Waals surface area contributed by atoms with Crippen LogP contribution in [0.2, 0.25) is 0 Å². The number of benzene rings is 1. The van der Waals surface area contributed by atoms with Crippen LogP contribution in [-0.2, 0) is 11.3 Å². The Bertz CT molecular complexity index is 701. The molecule has 2 rings (SSSR count). The van der Waals surface area contributed by atoms with E-state index in [1.54, 1.807) is 31.6 Å². The molecule has 1 N–H and O–H groups in total. The van der Waals surface area contributed by atoms with Gasteiger partial charge in [0.05, 0.1) is 7.11 Å². The van der Waals surface area contributed by atoms with Gasteiger partial charge in [-0.2, -0.15) is 0 Å². The van der Waals surface area contributed by atoms with Gasteiger partial charge in [-0.3, -0.25) is 14.7 Å². The standard InChI is InChI=1S/C19H22N2O3/c1-4-10-21(13-15-6-5-9-20-12-15)18(19(22)23)16-11-14(2)7-8-17(16)24-3/h4-9,11-12,18H,1,10,13H2,2-3H3,(H,22,23)/t18-/m0/s1. The molecule has 1 aromatic carbocycles. The van der Waals surface area contributed by atoms with Crippen LogP contribution < -0.4 is 4.74 Å². The summed E-state index contributed by atoms with van der Waals surface area (Å²) in [5.74, 6) is -0.363. The van der Waals surface area contributed by atoms with Gasteiger partial charge in [-0.1, -0.05) is 29.8 Å². The zero-order valence-electron chi connectivity index (χ0n) is 14.0. The second kappa shape index (κ2) is 8.26. The van der Waals surface area contributed by atoms with E-state index in [0.29, 0.717) is 24.4 Å². The lowest BCUT2D eigenvalue weighted by molar-refractivity contribution is -0.143. The number of aromatic nitrogens is 1. The van der Waals surface area contributed by atoms with Crippen molar-refractivity contribution in [2.45, 2.75) is 19.5 Å². The summed E-state index contributed by atoms with van der Waals surface area (Å²) in [6, 6.07) is 8.49. The van der Waals surface area contributed by atoms with Crippen LogP contribution in [0.1, 0.15) is 22.7 Å². The molecule has 0 aliphatic heterocycles. The molecule has 0 radical (unpaired) electrons. The second-order valence-electron chi connectivity index (χ2n) is 5.57. The van der Waals surface area contributed by atoms with E-state index in [1.165, 1.54) is 0 Å². The number of carboxylic acids is 1. The molecular formula is C19H22N2O3. The number of pyridine rings is 1. The van der Waals surface area contributed by atoms with Crippen molar-refractivity contribution < 1.29 is 14.6 Å². The number of carbonyl (C=O) groups is 1. The number of methoxy groups -OCH3 is 1. The van der Waals surface area contributed by atoms with Crippen LogP contribution in [0.3, 0.4) is 0 Å². The SMILES string of the molecule is C=CCN(Cc1cccnc1)[C@H](C(=O)O)c1cc(C)ccc1OC. The molecule has 24 heavy (non-hydrogen) atoms. The summed E-state index contributed by atoms with van der Waals surface area (Å²) < 4.78 is 5.38. The van der Waals surface area contributed by atoms with E-state index in [2.05, 4.69) is 11.6 Å². The molecule has 0 amide bonds. The van der Waals surface area contributed by atoms with Crippen molar-refractivity contribution in [2.24, 2.45) is 0 Å². The number of aliphatic carboxylic acids is 1. The molecule has 2 aromatic rings. The number of hydrogen-bond acceptors (Lipinski definition) is 4. The minimum Gasteiger partial charge on any atom is -0.496 e. The first-order valence-corrected chi connectivity index (χ1v) is 7.68. The van der Waals surface area contributed by atoms with Crippen molar-refractivity contribution >= 4 is 5.97 Å². The van der Waals surface area contributed by atoms with Crippen molar-refractivity contribution in [3.63, 3.8) is 0 Å². The number of ether oxygens (including phenoxy) is 1. The maximum Gasteiger partial charge on any atom is 0.325 e. The fraction of sp³-hybridized carbons (Fsp3) is 0.263. The zero-order valence-corrected chi connectivity index (χ0v) is 14.0. The average molecular weight is 326 g/mol. The molecular weight excluding hydrogens is 304 g/mol. The van der Waals surface area contributed by atoms with Crippen LogP contribution in [0, 0.1) is 6.92 Å². The first-order valence-electron chi connectivity index (χ1n) is 7.68. The molecule has 5 nitrogen and oxygen atoms in total. The quantitative estimate of drug-likeness (QED) is 0.755. The number of aryl methyl sites for hydroxylation is 1. The molecule has 0 spiro atoms. The highest BCUT2D eigenvalue weighted by Crippen LogP contribution is 2.31. The van der Waals surface area contributed by atoms with E-state index < -0.39 is 12.0 Å². The summed E-state index contributed by atoms with van der Waals surface area (Å²) in [6.45, 7) is 6.57. The third-order valence-corrected chi connectivity index (χ3v) is 3.75. The first kappa shape index (κ1) is 17.7.